The van der Waals surface area contributed by atoms with Crippen LogP contribution in [0.2, 0.25) is 10.0 Å². The van der Waals surface area contributed by atoms with Crippen molar-refractivity contribution in [3.63, 3.8) is 0 Å². The van der Waals surface area contributed by atoms with Crippen LogP contribution in [0.5, 0.6) is 5.75 Å². The number of alkyl halides is 3. The maximum atomic E-state index is 14.3. The minimum absolute atomic E-state index is 0.0613. The number of benzene rings is 3. The summed E-state index contributed by atoms with van der Waals surface area (Å²) in [5.41, 5.74) is -1.31. The molecular weight excluding hydrogens is 612 g/mol. The number of carbonyl (C=O) groups excluding carboxylic acids is 1. The molecule has 1 aliphatic rings. The van der Waals surface area contributed by atoms with Gasteiger partial charge >= 0.3 is 12.1 Å². The van der Waals surface area contributed by atoms with Crippen molar-refractivity contribution in [3.8, 4) is 5.75 Å². The molecule has 0 unspecified atom stereocenters. The Morgan fingerprint density at radius 2 is 1.74 bits per heavy atom. The van der Waals surface area contributed by atoms with Crippen molar-refractivity contribution in [1.82, 2.24) is 4.57 Å². The molecule has 0 saturated heterocycles. The molecule has 1 atom stereocenters. The summed E-state index contributed by atoms with van der Waals surface area (Å²) in [4.78, 5) is 30.4. The number of aromatic nitrogens is 1. The van der Waals surface area contributed by atoms with Gasteiger partial charge in [-0.2, -0.15) is 13.2 Å². The molecule has 0 amide bonds. The number of fused-ring (bicyclic) bond motifs is 1. The molecule has 6 nitrogen and oxygen atoms in total. The minimum atomic E-state index is -5.01. The van der Waals surface area contributed by atoms with E-state index >= 15 is 0 Å². The van der Waals surface area contributed by atoms with Crippen molar-refractivity contribution in [2.24, 2.45) is 4.99 Å². The molecule has 0 fully saturated rings. The molecule has 3 aromatic carbocycles. The van der Waals surface area contributed by atoms with Gasteiger partial charge in [0, 0.05) is 15.6 Å². The lowest BCUT2D eigenvalue weighted by Gasteiger charge is -2.26. The predicted molar refractivity (Wildman–Crippen MR) is 154 cm³/mol. The van der Waals surface area contributed by atoms with Crippen LogP contribution in [0.3, 0.4) is 0 Å². The van der Waals surface area contributed by atoms with Crippen LogP contribution in [0, 0.1) is 0 Å². The van der Waals surface area contributed by atoms with Gasteiger partial charge in [0.05, 0.1) is 22.8 Å². The molecule has 0 radical (unpaired) electrons. The topological polar surface area (TPSA) is 69.9 Å². The van der Waals surface area contributed by atoms with Gasteiger partial charge in [-0.3, -0.25) is 9.36 Å². The first kappa shape index (κ1) is 29.6. The zero-order valence-corrected chi connectivity index (χ0v) is 24.2. The molecule has 5 rings (SSSR count). The van der Waals surface area contributed by atoms with E-state index in [9.17, 15) is 22.8 Å². The molecule has 2 heterocycles. The molecule has 12 heteroatoms. The van der Waals surface area contributed by atoms with Crippen molar-refractivity contribution < 1.29 is 27.4 Å². The second-order valence-electron chi connectivity index (χ2n) is 9.07. The summed E-state index contributed by atoms with van der Waals surface area (Å²) < 4.78 is 55.0. The Hall–Kier alpha value is -3.86. The number of ether oxygens (including phenoxy) is 2. The number of allylic oxidation sites excluding steroid dienone is 1. The molecule has 42 heavy (non-hydrogen) atoms. The second-order valence-corrected chi connectivity index (χ2v) is 11.0. The number of thiazole rings is 1. The first-order chi connectivity index (χ1) is 20.1. The van der Waals surface area contributed by atoms with Crippen molar-refractivity contribution >= 4 is 46.6 Å². The predicted octanol–water partition coefficient (Wildman–Crippen LogP) is 6.23. The second kappa shape index (κ2) is 12.2. The van der Waals surface area contributed by atoms with Gasteiger partial charge in [-0.05, 0) is 54.5 Å². The number of hydrogen-bond acceptors (Lipinski definition) is 6. The molecule has 0 spiro atoms. The van der Waals surface area contributed by atoms with Crippen LogP contribution in [0.4, 0.5) is 13.2 Å². The smallest absolute Gasteiger partial charge is 0.434 e. The largest absolute Gasteiger partial charge is 0.488 e. The Bertz CT molecular complexity index is 1850. The summed E-state index contributed by atoms with van der Waals surface area (Å²) in [6.07, 6.45) is -3.52. The Balaban J connectivity index is 1.70. The third kappa shape index (κ3) is 6.16. The lowest BCUT2D eigenvalue weighted by molar-refractivity contribution is -0.140. The van der Waals surface area contributed by atoms with E-state index in [0.29, 0.717) is 21.4 Å². The highest BCUT2D eigenvalue weighted by Crippen LogP contribution is 2.38. The van der Waals surface area contributed by atoms with Gasteiger partial charge in [-0.15, -0.1) is 0 Å². The summed E-state index contributed by atoms with van der Waals surface area (Å²) in [6.45, 7) is 1.53. The van der Waals surface area contributed by atoms with Gasteiger partial charge in [-0.25, -0.2) is 9.79 Å². The number of halogens is 5. The standard InChI is InChI=1S/C30H21Cl2F3N2O4S/c1-2-40-28(39)24-25(18-8-10-20(31)11-9-18)37-27(38)23(42-29(37)36-26(24)30(33,34)35)15-19-14-21(32)12-13-22(19)41-16-17-6-4-3-5-7-17/h3-15,25H,2,16H2,1H3/b23-15-/t25-/m1/s1. The van der Waals surface area contributed by atoms with Gasteiger partial charge in [0.1, 0.15) is 12.4 Å². The zero-order valence-electron chi connectivity index (χ0n) is 21.8. The van der Waals surface area contributed by atoms with E-state index in [1.165, 1.54) is 37.3 Å². The van der Waals surface area contributed by atoms with E-state index in [4.69, 9.17) is 32.7 Å². The first-order valence-electron chi connectivity index (χ1n) is 12.6. The van der Waals surface area contributed by atoms with Crippen LogP contribution in [-0.2, 0) is 16.1 Å². The van der Waals surface area contributed by atoms with Crippen LogP contribution in [0.15, 0.2) is 93.9 Å². The van der Waals surface area contributed by atoms with E-state index in [1.54, 1.807) is 18.2 Å². The summed E-state index contributed by atoms with van der Waals surface area (Å²) in [6, 6.07) is 18.6. The van der Waals surface area contributed by atoms with E-state index in [-0.39, 0.29) is 28.1 Å². The van der Waals surface area contributed by atoms with Crippen LogP contribution >= 0.6 is 34.5 Å². The monoisotopic (exact) mass is 632 g/mol. The normalized spacial score (nSPS) is 15.3. The molecular formula is C30H21Cl2F3N2O4S. The molecule has 4 aromatic rings. The molecule has 1 aliphatic heterocycles. The van der Waals surface area contributed by atoms with Gasteiger partial charge in [0.15, 0.2) is 10.5 Å². The van der Waals surface area contributed by atoms with Crippen LogP contribution in [-0.4, -0.2) is 23.3 Å². The Morgan fingerprint density at radius 3 is 2.40 bits per heavy atom. The fourth-order valence-electron chi connectivity index (χ4n) is 4.44. The number of carbonyl (C=O) groups is 1. The van der Waals surface area contributed by atoms with Gasteiger partial charge in [0.2, 0.25) is 0 Å². The lowest BCUT2D eigenvalue weighted by Crippen LogP contribution is -2.41. The molecule has 0 aliphatic carbocycles. The van der Waals surface area contributed by atoms with Crippen molar-refractivity contribution in [2.45, 2.75) is 25.7 Å². The van der Waals surface area contributed by atoms with E-state index in [0.717, 1.165) is 21.5 Å². The van der Waals surface area contributed by atoms with Gasteiger partial charge < -0.3 is 9.47 Å². The van der Waals surface area contributed by atoms with Crippen molar-refractivity contribution in [2.75, 3.05) is 6.61 Å². The summed E-state index contributed by atoms with van der Waals surface area (Å²) in [5.74, 6) is -0.819. The molecule has 1 aromatic heterocycles. The van der Waals surface area contributed by atoms with Gasteiger partial charge in [-0.1, -0.05) is 77.0 Å². The Morgan fingerprint density at radius 1 is 1.05 bits per heavy atom. The Labute approximate surface area is 251 Å². The highest BCUT2D eigenvalue weighted by atomic mass is 35.5. The van der Waals surface area contributed by atoms with Crippen molar-refractivity contribution in [3.05, 3.63) is 130 Å². The summed E-state index contributed by atoms with van der Waals surface area (Å²) >= 11 is 13.0. The number of nitrogens with zero attached hydrogens (tertiary/aromatic N) is 2. The van der Waals surface area contributed by atoms with Gasteiger partial charge in [0.25, 0.3) is 5.56 Å². The van der Waals surface area contributed by atoms with E-state index in [1.807, 2.05) is 30.3 Å². The summed E-state index contributed by atoms with van der Waals surface area (Å²) in [7, 11) is 0. The third-order valence-corrected chi connectivity index (χ3v) is 7.75. The Kier molecular flexibility index (Phi) is 8.58. The van der Waals surface area contributed by atoms with Crippen LogP contribution in [0.1, 0.15) is 29.7 Å². The molecule has 216 valence electrons. The number of esters is 1. The van der Waals surface area contributed by atoms with E-state index < -0.39 is 35.0 Å². The highest BCUT2D eigenvalue weighted by molar-refractivity contribution is 7.07. The number of hydrogen-bond donors (Lipinski definition) is 0. The summed E-state index contributed by atoms with van der Waals surface area (Å²) in [5, 5.41) is 0.692. The lowest BCUT2D eigenvalue weighted by atomic mass is 9.95. The average Bonchev–Trinajstić information content (AvgIpc) is 3.27. The van der Waals surface area contributed by atoms with Crippen LogP contribution < -0.4 is 19.6 Å². The molecule has 0 bridgehead atoms. The van der Waals surface area contributed by atoms with Crippen LogP contribution in [0.25, 0.3) is 6.08 Å². The average molecular weight is 633 g/mol. The maximum Gasteiger partial charge on any atom is 0.434 e. The SMILES string of the molecule is CCOC(=O)C1=C(C(F)(F)F)N=c2s/c(=C\c3cc(Cl)ccc3OCc3ccccc3)c(=O)n2[C@@H]1c1ccc(Cl)cc1. The minimum Gasteiger partial charge on any atom is -0.488 e. The third-order valence-electron chi connectivity index (χ3n) is 6.28. The fraction of sp³-hybridized carbons (Fsp3) is 0.167. The number of rotatable bonds is 7. The highest BCUT2D eigenvalue weighted by Gasteiger charge is 2.45. The molecule has 0 N–H and O–H groups in total. The maximum absolute atomic E-state index is 14.3. The zero-order chi connectivity index (χ0) is 30.0. The van der Waals surface area contributed by atoms with Crippen molar-refractivity contribution in [1.29, 1.82) is 0 Å². The fourth-order valence-corrected chi connectivity index (χ4v) is 5.74. The quantitative estimate of drug-likeness (QED) is 0.227. The van der Waals surface area contributed by atoms with E-state index in [2.05, 4.69) is 4.99 Å². The first-order valence-corrected chi connectivity index (χ1v) is 14.2. The molecule has 0 saturated carbocycles.